The van der Waals surface area contributed by atoms with Gasteiger partial charge in [0, 0.05) is 65.6 Å². The van der Waals surface area contributed by atoms with Gasteiger partial charge in [0.15, 0.2) is 0 Å². The van der Waals surface area contributed by atoms with Crippen molar-refractivity contribution in [3.8, 4) is 0 Å². The molecular weight excluding hydrogens is 456 g/mol. The first-order chi connectivity index (χ1) is 16.4. The Morgan fingerprint density at radius 3 is 2.38 bits per heavy atom. The molecule has 2 aromatic carbocycles. The average Bonchev–Trinajstić information content (AvgIpc) is 3.08. The van der Waals surface area contributed by atoms with Crippen molar-refractivity contribution < 1.29 is 18.6 Å². The van der Waals surface area contributed by atoms with E-state index >= 15 is 0 Å². The molecule has 1 atom stereocenters. The number of non-ortho nitro benzene ring substituents is 1. The van der Waals surface area contributed by atoms with E-state index in [1.54, 1.807) is 20.3 Å². The van der Waals surface area contributed by atoms with Gasteiger partial charge in [-0.3, -0.25) is 15.0 Å². The Morgan fingerprint density at radius 1 is 1.06 bits per heavy atom. The highest BCUT2D eigenvalue weighted by Gasteiger charge is 2.41. The molecule has 10 heteroatoms. The minimum absolute atomic E-state index is 0.0444. The van der Waals surface area contributed by atoms with Gasteiger partial charge in [0.25, 0.3) is 5.69 Å². The summed E-state index contributed by atoms with van der Waals surface area (Å²) in [5, 5.41) is 11.6. The van der Waals surface area contributed by atoms with Gasteiger partial charge in [-0.1, -0.05) is 30.3 Å². The van der Waals surface area contributed by atoms with Gasteiger partial charge in [0.2, 0.25) is 0 Å². The predicted octanol–water partition coefficient (Wildman–Crippen LogP) is 2.52. The Kier molecular flexibility index (Phi) is 7.54. The van der Waals surface area contributed by atoms with E-state index in [4.69, 9.17) is 9.47 Å². The number of methoxy groups -OCH3 is 2. The summed E-state index contributed by atoms with van der Waals surface area (Å²) in [6.07, 6.45) is 0. The molecule has 0 saturated carbocycles. The van der Waals surface area contributed by atoms with Crippen molar-refractivity contribution in [2.45, 2.75) is 18.4 Å². The SMILES string of the molecule is COCCN1C(COC)=S(=O)(N2CCN(Cc3ccccc3)CC2)c2cc([N+](=O)[O-])cc(C)c21. The molecule has 0 bridgehead atoms. The molecule has 2 aliphatic heterocycles. The van der Waals surface area contributed by atoms with E-state index in [9.17, 15) is 14.3 Å². The molecule has 2 aromatic rings. The van der Waals surface area contributed by atoms with E-state index in [2.05, 4.69) is 17.0 Å². The Bertz CT molecular complexity index is 1160. The lowest BCUT2D eigenvalue weighted by atomic mass is 10.1. The first kappa shape index (κ1) is 24.6. The van der Waals surface area contributed by atoms with Crippen LogP contribution in [0, 0.1) is 17.0 Å². The van der Waals surface area contributed by atoms with Crippen LogP contribution >= 0.6 is 0 Å². The number of benzene rings is 2. The van der Waals surface area contributed by atoms with Crippen molar-refractivity contribution in [2.75, 3.05) is 65.1 Å². The fourth-order valence-electron chi connectivity index (χ4n) is 4.77. The van der Waals surface area contributed by atoms with Crippen LogP contribution in [0.25, 0.3) is 0 Å². The molecule has 0 amide bonds. The minimum atomic E-state index is -2.91. The Balaban J connectivity index is 1.72. The molecule has 34 heavy (non-hydrogen) atoms. The van der Waals surface area contributed by atoms with Crippen molar-refractivity contribution in [2.24, 2.45) is 0 Å². The number of piperazine rings is 1. The second-order valence-electron chi connectivity index (χ2n) is 8.55. The summed E-state index contributed by atoms with van der Waals surface area (Å²) in [5.74, 6) is 0. The molecule has 0 radical (unpaired) electrons. The van der Waals surface area contributed by atoms with E-state index in [1.165, 1.54) is 11.6 Å². The highest BCUT2D eigenvalue weighted by Crippen LogP contribution is 2.41. The Morgan fingerprint density at radius 2 is 1.76 bits per heavy atom. The Hall–Kier alpha value is -2.50. The fourth-order valence-corrected chi connectivity index (χ4v) is 7.85. The number of anilines is 1. The van der Waals surface area contributed by atoms with Crippen molar-refractivity contribution in [3.63, 3.8) is 0 Å². The molecule has 0 N–H and O–H groups in total. The van der Waals surface area contributed by atoms with Crippen molar-refractivity contribution in [1.82, 2.24) is 9.21 Å². The van der Waals surface area contributed by atoms with E-state index in [-0.39, 0.29) is 12.3 Å². The highest BCUT2D eigenvalue weighted by molar-refractivity contribution is 8.01. The standard InChI is InChI=1S/C24H32N4O5S/c1-19-15-21(28(29)30)16-22-24(19)27(13-14-32-2)23(18-33-3)34(22,31)26-11-9-25(10-12-26)17-20-7-5-4-6-8-20/h4-8,15-16H,9-14,17-18H2,1-3H3. The largest absolute Gasteiger partial charge is 0.383 e. The number of ether oxygens (including phenoxy) is 2. The smallest absolute Gasteiger partial charge is 0.271 e. The van der Waals surface area contributed by atoms with Crippen LogP contribution in [0.2, 0.25) is 0 Å². The topological polar surface area (TPSA) is 88.4 Å². The molecule has 0 spiro atoms. The summed E-state index contributed by atoms with van der Waals surface area (Å²) in [7, 11) is 0.297. The van der Waals surface area contributed by atoms with E-state index in [0.29, 0.717) is 36.1 Å². The molecule has 2 heterocycles. The number of hydrogen-bond donors (Lipinski definition) is 0. The molecule has 0 aliphatic carbocycles. The van der Waals surface area contributed by atoms with Gasteiger partial charge >= 0.3 is 0 Å². The van der Waals surface area contributed by atoms with E-state index in [0.717, 1.165) is 30.9 Å². The molecule has 9 nitrogen and oxygen atoms in total. The van der Waals surface area contributed by atoms with Crippen LogP contribution in [0.1, 0.15) is 11.1 Å². The van der Waals surface area contributed by atoms with Crippen LogP contribution in [0.3, 0.4) is 0 Å². The zero-order valence-electron chi connectivity index (χ0n) is 19.9. The van der Waals surface area contributed by atoms with Crippen LogP contribution in [0.15, 0.2) is 47.4 Å². The third-order valence-corrected chi connectivity index (χ3v) is 9.36. The van der Waals surface area contributed by atoms with E-state index in [1.807, 2.05) is 34.3 Å². The third kappa shape index (κ3) is 4.56. The normalized spacial score (nSPS) is 21.1. The van der Waals surface area contributed by atoms with E-state index < -0.39 is 14.6 Å². The minimum Gasteiger partial charge on any atom is -0.383 e. The van der Waals surface area contributed by atoms with Gasteiger partial charge in [0.05, 0.1) is 38.4 Å². The van der Waals surface area contributed by atoms with Crippen LogP contribution in [0.5, 0.6) is 0 Å². The molecule has 4 rings (SSSR count). The number of nitro benzene ring substituents is 1. The molecule has 1 saturated heterocycles. The lowest BCUT2D eigenvalue weighted by Gasteiger charge is -2.36. The van der Waals surface area contributed by atoms with Crippen molar-refractivity contribution >= 4 is 26.1 Å². The number of aryl methyl sites for hydroxylation is 1. The number of nitro groups is 1. The molecule has 1 unspecified atom stereocenters. The van der Waals surface area contributed by atoms with Gasteiger partial charge in [-0.15, -0.1) is 0 Å². The summed E-state index contributed by atoms with van der Waals surface area (Å²) < 4.78 is 27.7. The summed E-state index contributed by atoms with van der Waals surface area (Å²) >= 11 is 0. The molecule has 1 fully saturated rings. The Labute approximate surface area is 201 Å². The number of nitrogens with zero attached hydrogens (tertiary/aromatic N) is 4. The van der Waals surface area contributed by atoms with Crippen LogP contribution in [0.4, 0.5) is 11.4 Å². The summed E-state index contributed by atoms with van der Waals surface area (Å²) in [6.45, 7) is 6.48. The number of fused-ring (bicyclic) bond motifs is 1. The summed E-state index contributed by atoms with van der Waals surface area (Å²) in [5.41, 5.74) is 2.69. The second kappa shape index (κ2) is 10.4. The lowest BCUT2D eigenvalue weighted by molar-refractivity contribution is -0.385. The second-order valence-corrected chi connectivity index (χ2v) is 11.0. The van der Waals surface area contributed by atoms with Crippen LogP contribution in [-0.4, -0.2) is 83.5 Å². The quantitative estimate of drug-likeness (QED) is 0.304. The lowest BCUT2D eigenvalue weighted by Crippen LogP contribution is -2.50. The monoisotopic (exact) mass is 488 g/mol. The molecule has 2 aliphatic rings. The van der Waals surface area contributed by atoms with Crippen molar-refractivity contribution in [3.05, 3.63) is 63.7 Å². The number of rotatable bonds is 9. The van der Waals surface area contributed by atoms with Gasteiger partial charge in [-0.2, -0.15) is 0 Å². The summed E-state index contributed by atoms with van der Waals surface area (Å²) in [4.78, 5) is 16.7. The number of hydrogen-bond acceptors (Lipinski definition) is 7. The van der Waals surface area contributed by atoms with Gasteiger partial charge in [0.1, 0.15) is 4.99 Å². The van der Waals surface area contributed by atoms with Crippen molar-refractivity contribution in [1.29, 1.82) is 0 Å². The van der Waals surface area contributed by atoms with Gasteiger partial charge < -0.3 is 14.4 Å². The molecule has 0 aromatic heterocycles. The predicted molar refractivity (Wildman–Crippen MR) is 134 cm³/mol. The maximum atomic E-state index is 14.9. The first-order valence-electron chi connectivity index (χ1n) is 11.4. The first-order valence-corrected chi connectivity index (χ1v) is 12.9. The maximum Gasteiger partial charge on any atom is 0.271 e. The van der Waals surface area contributed by atoms with Crippen LogP contribution in [-0.2, 0) is 25.7 Å². The average molecular weight is 489 g/mol. The zero-order chi connectivity index (χ0) is 24.3. The maximum absolute atomic E-state index is 14.9. The third-order valence-electron chi connectivity index (χ3n) is 6.38. The van der Waals surface area contributed by atoms with Crippen LogP contribution < -0.4 is 4.90 Å². The summed E-state index contributed by atoms with van der Waals surface area (Å²) in [6, 6.07) is 13.3. The highest BCUT2D eigenvalue weighted by atomic mass is 32.2. The fraction of sp³-hybridized carbons (Fsp3) is 0.458. The molecular formula is C24H32N4O5S. The molecule has 184 valence electrons. The van der Waals surface area contributed by atoms with Gasteiger partial charge in [-0.05, 0) is 18.1 Å². The van der Waals surface area contributed by atoms with Gasteiger partial charge in [-0.25, -0.2) is 8.51 Å². The zero-order valence-corrected chi connectivity index (χ0v) is 20.8.